The number of primary amides is 1. The summed E-state index contributed by atoms with van der Waals surface area (Å²) >= 11 is 0. The number of hydrogen-bond acceptors (Lipinski definition) is 9. The average molecular weight is 337 g/mol. The van der Waals surface area contributed by atoms with Gasteiger partial charge in [0.1, 0.15) is 24.1 Å². The van der Waals surface area contributed by atoms with Crippen LogP contribution in [0.2, 0.25) is 0 Å². The number of nitrogens with one attached hydrogen (secondary N) is 1. The summed E-state index contributed by atoms with van der Waals surface area (Å²) in [6, 6.07) is 0. The zero-order valence-electron chi connectivity index (χ0n) is 12.2. The minimum absolute atomic E-state index is 0.141. The number of nitrogens with zero attached hydrogens (tertiary/aromatic N) is 4. The minimum atomic E-state index is -1.51. The Balaban J connectivity index is 1.85. The maximum atomic E-state index is 12.0. The summed E-state index contributed by atoms with van der Waals surface area (Å²) < 4.78 is 6.77. The van der Waals surface area contributed by atoms with Crippen LogP contribution in [0.4, 0.5) is 5.82 Å². The van der Waals surface area contributed by atoms with Crippen LogP contribution in [0, 0.1) is 0 Å². The summed E-state index contributed by atoms with van der Waals surface area (Å²) in [6.45, 7) is -0.413. The SMILES string of the molecule is NC(=O)CNC(=O)[C@H]1O[C@@H](n2cnc3c(N)ncnc32)[C@H](O)[C@@H]1O. The molecule has 1 aliphatic heterocycles. The minimum Gasteiger partial charge on any atom is -0.387 e. The number of ether oxygens (including phenoxy) is 1. The Morgan fingerprint density at radius 2 is 2.04 bits per heavy atom. The van der Waals surface area contributed by atoms with Crippen molar-refractivity contribution in [2.24, 2.45) is 5.73 Å². The van der Waals surface area contributed by atoms with E-state index in [9.17, 15) is 19.8 Å². The Morgan fingerprint density at radius 3 is 2.75 bits per heavy atom. The molecule has 2 amide bonds. The number of anilines is 1. The van der Waals surface area contributed by atoms with Crippen LogP contribution < -0.4 is 16.8 Å². The number of imidazole rings is 1. The first kappa shape index (κ1) is 16.0. The van der Waals surface area contributed by atoms with Crippen molar-refractivity contribution in [2.45, 2.75) is 24.5 Å². The normalized spacial score (nSPS) is 26.6. The van der Waals surface area contributed by atoms with Gasteiger partial charge in [0, 0.05) is 0 Å². The second kappa shape index (κ2) is 5.99. The first-order valence-electron chi connectivity index (χ1n) is 6.90. The van der Waals surface area contributed by atoms with Gasteiger partial charge in [0.25, 0.3) is 5.91 Å². The van der Waals surface area contributed by atoms with E-state index in [0.29, 0.717) is 5.52 Å². The number of aromatic nitrogens is 4. The number of rotatable bonds is 4. The number of carbonyl (C=O) groups is 2. The van der Waals surface area contributed by atoms with Crippen molar-refractivity contribution in [2.75, 3.05) is 12.3 Å². The van der Waals surface area contributed by atoms with Crippen molar-refractivity contribution in [3.63, 3.8) is 0 Å². The number of aliphatic hydroxyl groups is 2. The van der Waals surface area contributed by atoms with Gasteiger partial charge in [-0.1, -0.05) is 0 Å². The maximum absolute atomic E-state index is 12.0. The largest absolute Gasteiger partial charge is 0.387 e. The summed E-state index contributed by atoms with van der Waals surface area (Å²) in [5.41, 5.74) is 11.2. The third-order valence-corrected chi connectivity index (χ3v) is 3.59. The van der Waals surface area contributed by atoms with Gasteiger partial charge < -0.3 is 31.7 Å². The lowest BCUT2D eigenvalue weighted by molar-refractivity contribution is -0.138. The molecular formula is C12H15N7O5. The molecule has 0 unspecified atom stereocenters. The quantitative estimate of drug-likeness (QED) is 0.379. The first-order valence-corrected chi connectivity index (χ1v) is 6.90. The molecule has 12 heteroatoms. The smallest absolute Gasteiger partial charge is 0.252 e. The molecule has 2 aromatic heterocycles. The van der Waals surface area contributed by atoms with E-state index in [4.69, 9.17) is 16.2 Å². The Hall–Kier alpha value is -2.83. The summed E-state index contributed by atoms with van der Waals surface area (Å²) in [4.78, 5) is 34.5. The summed E-state index contributed by atoms with van der Waals surface area (Å²) in [5.74, 6) is -1.38. The Kier molecular flexibility index (Phi) is 4.01. The van der Waals surface area contributed by atoms with Crippen LogP contribution in [0.1, 0.15) is 6.23 Å². The van der Waals surface area contributed by atoms with Gasteiger partial charge in [-0.25, -0.2) is 15.0 Å². The van der Waals surface area contributed by atoms with Gasteiger partial charge in [0.2, 0.25) is 5.91 Å². The molecule has 1 aliphatic rings. The van der Waals surface area contributed by atoms with Gasteiger partial charge in [0.05, 0.1) is 12.9 Å². The lowest BCUT2D eigenvalue weighted by Gasteiger charge is -2.16. The first-order chi connectivity index (χ1) is 11.4. The summed E-state index contributed by atoms with van der Waals surface area (Å²) in [6.07, 6.45) is -2.93. The number of nitrogen functional groups attached to an aromatic ring is 1. The van der Waals surface area contributed by atoms with Crippen LogP contribution in [-0.4, -0.2) is 66.4 Å². The molecule has 4 atom stereocenters. The molecule has 12 nitrogen and oxygen atoms in total. The highest BCUT2D eigenvalue weighted by atomic mass is 16.6. The summed E-state index contributed by atoms with van der Waals surface area (Å²) in [7, 11) is 0. The molecule has 3 rings (SSSR count). The summed E-state index contributed by atoms with van der Waals surface area (Å²) in [5, 5.41) is 22.4. The van der Waals surface area contributed by atoms with Crippen molar-refractivity contribution < 1.29 is 24.5 Å². The number of nitrogens with two attached hydrogens (primary N) is 2. The topological polar surface area (TPSA) is 191 Å². The van der Waals surface area contributed by atoms with Crippen molar-refractivity contribution in [1.29, 1.82) is 0 Å². The van der Waals surface area contributed by atoms with Gasteiger partial charge in [-0.15, -0.1) is 0 Å². The second-order valence-corrected chi connectivity index (χ2v) is 5.20. The van der Waals surface area contributed by atoms with E-state index in [1.54, 1.807) is 0 Å². The highest BCUT2D eigenvalue weighted by molar-refractivity contribution is 5.87. The molecule has 1 fully saturated rings. The number of hydrogen-bond donors (Lipinski definition) is 5. The van der Waals surface area contributed by atoms with Crippen molar-refractivity contribution in [3.8, 4) is 0 Å². The van der Waals surface area contributed by atoms with Crippen LogP contribution in [0.3, 0.4) is 0 Å². The van der Waals surface area contributed by atoms with E-state index in [1.165, 1.54) is 17.2 Å². The Bertz CT molecular complexity index is 793. The van der Waals surface area contributed by atoms with Crippen LogP contribution >= 0.6 is 0 Å². The van der Waals surface area contributed by atoms with E-state index >= 15 is 0 Å². The molecule has 0 radical (unpaired) electrons. The van der Waals surface area contributed by atoms with Crippen LogP contribution in [0.25, 0.3) is 11.2 Å². The lowest BCUT2D eigenvalue weighted by atomic mass is 10.1. The fourth-order valence-corrected chi connectivity index (χ4v) is 2.44. The molecule has 1 saturated heterocycles. The van der Waals surface area contributed by atoms with Crippen molar-refractivity contribution in [1.82, 2.24) is 24.8 Å². The van der Waals surface area contributed by atoms with Gasteiger partial charge in [-0.2, -0.15) is 0 Å². The zero-order chi connectivity index (χ0) is 17.4. The van der Waals surface area contributed by atoms with Gasteiger partial charge in [-0.3, -0.25) is 14.2 Å². The molecule has 2 aromatic rings. The van der Waals surface area contributed by atoms with E-state index < -0.39 is 42.9 Å². The monoisotopic (exact) mass is 337 g/mol. The number of carbonyl (C=O) groups excluding carboxylic acids is 2. The third-order valence-electron chi connectivity index (χ3n) is 3.59. The fourth-order valence-electron chi connectivity index (χ4n) is 2.44. The lowest BCUT2D eigenvalue weighted by Crippen LogP contribution is -2.45. The molecule has 7 N–H and O–H groups in total. The van der Waals surface area contributed by atoms with E-state index in [1.807, 2.05) is 0 Å². The molecule has 128 valence electrons. The molecule has 0 bridgehead atoms. The molecule has 0 spiro atoms. The zero-order valence-corrected chi connectivity index (χ0v) is 12.2. The highest BCUT2D eigenvalue weighted by Gasteiger charge is 2.47. The van der Waals surface area contributed by atoms with E-state index in [2.05, 4.69) is 20.3 Å². The molecule has 24 heavy (non-hydrogen) atoms. The predicted molar refractivity (Wildman–Crippen MR) is 77.9 cm³/mol. The Morgan fingerprint density at radius 1 is 1.29 bits per heavy atom. The third kappa shape index (κ3) is 2.62. The highest BCUT2D eigenvalue weighted by Crippen LogP contribution is 2.31. The van der Waals surface area contributed by atoms with Crippen molar-refractivity contribution in [3.05, 3.63) is 12.7 Å². The molecule has 0 aliphatic carbocycles. The van der Waals surface area contributed by atoms with Crippen LogP contribution in [-0.2, 0) is 14.3 Å². The molecule has 0 aromatic carbocycles. The van der Waals surface area contributed by atoms with Gasteiger partial charge >= 0.3 is 0 Å². The number of aliphatic hydroxyl groups excluding tert-OH is 2. The standard InChI is InChI=1S/C12H15N7O5/c13-4(20)1-15-11(23)8-6(21)7(22)12(24-8)19-3-18-5-9(14)16-2-17-10(5)19/h2-3,6-8,12,21-22H,1H2,(H2,13,20)(H,15,23)(H2,14,16,17)/t6-,7+,8-,12+/m0/s1. The van der Waals surface area contributed by atoms with Crippen LogP contribution in [0.5, 0.6) is 0 Å². The second-order valence-electron chi connectivity index (χ2n) is 5.20. The molecular weight excluding hydrogens is 322 g/mol. The number of fused-ring (bicyclic) bond motifs is 1. The Labute approximate surface area is 134 Å². The van der Waals surface area contributed by atoms with E-state index in [-0.39, 0.29) is 11.5 Å². The van der Waals surface area contributed by atoms with E-state index in [0.717, 1.165) is 0 Å². The van der Waals surface area contributed by atoms with Crippen molar-refractivity contribution >= 4 is 28.8 Å². The molecule has 3 heterocycles. The van der Waals surface area contributed by atoms with Gasteiger partial charge in [-0.05, 0) is 0 Å². The van der Waals surface area contributed by atoms with Gasteiger partial charge in [0.15, 0.2) is 23.8 Å². The number of amides is 2. The predicted octanol–water partition coefficient (Wildman–Crippen LogP) is -3.37. The average Bonchev–Trinajstić information content (AvgIpc) is 3.09. The fraction of sp³-hybridized carbons (Fsp3) is 0.417. The maximum Gasteiger partial charge on any atom is 0.252 e. The molecule has 0 saturated carbocycles. The van der Waals surface area contributed by atoms with Crippen LogP contribution in [0.15, 0.2) is 12.7 Å².